The van der Waals surface area contributed by atoms with Gasteiger partial charge in [-0.15, -0.1) is 0 Å². The second-order valence-electron chi connectivity index (χ2n) is 16.3. The molecule has 1 atom stereocenters. The van der Waals surface area contributed by atoms with E-state index in [4.69, 9.17) is 32.4 Å². The summed E-state index contributed by atoms with van der Waals surface area (Å²) in [6, 6.07) is 24.2. The lowest BCUT2D eigenvalue weighted by Crippen LogP contribution is -2.46. The van der Waals surface area contributed by atoms with Crippen molar-refractivity contribution in [1.82, 2.24) is 9.71 Å². The van der Waals surface area contributed by atoms with Crippen LogP contribution < -0.4 is 14.9 Å². The number of sulfonamides is 1. The van der Waals surface area contributed by atoms with Crippen molar-refractivity contribution in [3.05, 3.63) is 118 Å². The molecule has 4 aromatic carbocycles. The van der Waals surface area contributed by atoms with Crippen molar-refractivity contribution < 1.29 is 32.0 Å². The number of halogens is 2. The first kappa shape index (κ1) is 48.9. The number of oxazole rings is 1. The highest BCUT2D eigenvalue weighted by molar-refractivity contribution is 7.89. The fraction of sp³-hybridized carbons (Fsp3) is 0.380. The zero-order valence-electron chi connectivity index (χ0n) is 36.8. The number of nitrogens with zero attached hydrogens (tertiary/aromatic N) is 3. The lowest BCUT2D eigenvalue weighted by molar-refractivity contribution is -0.122. The van der Waals surface area contributed by atoms with Gasteiger partial charge >= 0.3 is 6.09 Å². The number of rotatable bonds is 22. The molecule has 0 radical (unpaired) electrons. The summed E-state index contributed by atoms with van der Waals surface area (Å²) in [5.74, 6) is -1.79. The minimum absolute atomic E-state index is 0.00452. The summed E-state index contributed by atoms with van der Waals surface area (Å²) in [4.78, 5) is 48.6. The van der Waals surface area contributed by atoms with E-state index in [1.54, 1.807) is 48.5 Å². The Morgan fingerprint density at radius 1 is 0.892 bits per heavy atom. The van der Waals surface area contributed by atoms with Gasteiger partial charge in [-0.3, -0.25) is 14.5 Å². The number of carbonyl (C=O) groups is 3. The molecule has 0 saturated heterocycles. The molecular formula is C50H55Cl2N5O7S. The van der Waals surface area contributed by atoms with Crippen molar-refractivity contribution in [2.75, 3.05) is 16.8 Å². The monoisotopic (exact) mass is 939 g/mol. The molecule has 2 N–H and O–H groups in total. The van der Waals surface area contributed by atoms with Crippen molar-refractivity contribution in [3.8, 4) is 6.07 Å². The van der Waals surface area contributed by atoms with Gasteiger partial charge in [0.25, 0.3) is 5.91 Å². The van der Waals surface area contributed by atoms with Gasteiger partial charge in [-0.05, 0) is 98.0 Å². The van der Waals surface area contributed by atoms with E-state index < -0.39 is 33.9 Å². The van der Waals surface area contributed by atoms with Crippen LogP contribution in [-0.4, -0.2) is 49.9 Å². The second kappa shape index (κ2) is 23.6. The van der Waals surface area contributed by atoms with Gasteiger partial charge in [-0.1, -0.05) is 131 Å². The molecule has 1 fully saturated rings. The average Bonchev–Trinajstić information content (AvgIpc) is 3.99. The molecule has 5 aromatic rings. The Bertz CT molecular complexity index is 2620. The maximum absolute atomic E-state index is 14.5. The third-order valence-electron chi connectivity index (χ3n) is 11.5. The average molecular weight is 941 g/mol. The molecule has 1 aliphatic rings. The molecular weight excluding hydrogens is 886 g/mol. The third-order valence-corrected chi connectivity index (χ3v) is 13.6. The second-order valence-corrected chi connectivity index (χ2v) is 18.9. The first-order valence-electron chi connectivity index (χ1n) is 22.4. The van der Waals surface area contributed by atoms with Crippen molar-refractivity contribution in [1.29, 1.82) is 5.26 Å². The Morgan fingerprint density at radius 3 is 2.25 bits per heavy atom. The lowest BCUT2D eigenvalue weighted by Gasteiger charge is -2.30. The minimum Gasteiger partial charge on any atom is -0.435 e. The first-order valence-corrected chi connectivity index (χ1v) is 24.6. The smallest absolute Gasteiger partial charge is 0.415 e. The van der Waals surface area contributed by atoms with Crippen LogP contribution >= 0.6 is 23.2 Å². The number of amides is 2. The van der Waals surface area contributed by atoms with Gasteiger partial charge in [0.05, 0.1) is 20.6 Å². The predicted molar refractivity (Wildman–Crippen MR) is 257 cm³/mol. The summed E-state index contributed by atoms with van der Waals surface area (Å²) < 4.78 is 41.1. The fourth-order valence-electron chi connectivity index (χ4n) is 7.94. The quantitative estimate of drug-likeness (QED) is 0.0296. The number of Topliss-reactive ketones (excluding diaryl/α,β-unsaturated/α-hetero) is 1. The number of aryl methyl sites for hydroxylation is 1. The fourth-order valence-corrected chi connectivity index (χ4v) is 9.43. The normalized spacial score (nSPS) is 13.7. The Hall–Kier alpha value is -5.52. The molecule has 1 saturated carbocycles. The van der Waals surface area contributed by atoms with Crippen LogP contribution in [-0.2, 0) is 19.6 Å². The standard InChI is InChI=1S/C50H55Cl2N5O7S/c1-3-4-5-6-7-8-9-10-11-18-29-54-65(61,62)39-27-28-42(52)44(32-39)55-48(59)47(46(58)40-21-14-15-22-41(40)51)64-50(60)57(37-19-12-13-20-37)38-26-25-35(34(2)30-38)31-36(33-53)49-56-43-23-16-17-24-45(43)63-49/h14-17,21-28,30-32,37,47,54H,3-13,18-20,29H2,1-2H3,(H,55,59)/b36-31+. The number of ketones is 1. The molecule has 12 nitrogen and oxygen atoms in total. The van der Waals surface area contributed by atoms with E-state index in [1.165, 1.54) is 73.8 Å². The number of allylic oxidation sites excluding steroid dienone is 1. The zero-order valence-corrected chi connectivity index (χ0v) is 39.1. The molecule has 342 valence electrons. The van der Waals surface area contributed by atoms with Crippen molar-refractivity contribution in [2.24, 2.45) is 0 Å². The largest absolute Gasteiger partial charge is 0.435 e. The van der Waals surface area contributed by atoms with Crippen molar-refractivity contribution in [3.63, 3.8) is 0 Å². The maximum Gasteiger partial charge on any atom is 0.415 e. The molecule has 2 amide bonds. The van der Waals surface area contributed by atoms with Gasteiger partial charge < -0.3 is 14.5 Å². The Labute approximate surface area is 391 Å². The lowest BCUT2D eigenvalue weighted by atomic mass is 10.0. The number of hydrogen-bond donors (Lipinski definition) is 2. The molecule has 1 aromatic heterocycles. The number of aromatic nitrogens is 1. The molecule has 0 bridgehead atoms. The van der Waals surface area contributed by atoms with Gasteiger partial charge in [0.15, 0.2) is 5.58 Å². The van der Waals surface area contributed by atoms with Crippen LogP contribution in [0.3, 0.4) is 0 Å². The SMILES string of the molecule is CCCCCCCCCCCCNS(=O)(=O)c1ccc(Cl)c(NC(=O)C(OC(=O)N(c2ccc(/C=C(\C#N)c3nc4ccccc4o3)c(C)c2)C2CCCC2)C(=O)c2ccccc2Cl)c1. The van der Waals surface area contributed by atoms with Crippen LogP contribution in [0.4, 0.5) is 16.2 Å². The summed E-state index contributed by atoms with van der Waals surface area (Å²) >= 11 is 12.9. The highest BCUT2D eigenvalue weighted by Crippen LogP contribution is 2.33. The zero-order chi connectivity index (χ0) is 46.3. The number of carbonyl (C=O) groups excluding carboxylic acids is 3. The molecule has 6 rings (SSSR count). The van der Waals surface area contributed by atoms with Crippen molar-refractivity contribution in [2.45, 2.75) is 121 Å². The van der Waals surface area contributed by atoms with Crippen LogP contribution in [0.25, 0.3) is 22.7 Å². The van der Waals surface area contributed by atoms with Gasteiger partial charge in [0.2, 0.25) is 27.8 Å². The molecule has 1 heterocycles. The van der Waals surface area contributed by atoms with Crippen molar-refractivity contribution >= 4 is 85.1 Å². The summed E-state index contributed by atoms with van der Waals surface area (Å²) in [5, 5.41) is 12.6. The summed E-state index contributed by atoms with van der Waals surface area (Å²) in [7, 11) is -4.00. The summed E-state index contributed by atoms with van der Waals surface area (Å²) in [6.07, 6.45) is 12.8. The molecule has 1 unspecified atom stereocenters. The van der Waals surface area contributed by atoms with E-state index in [1.807, 2.05) is 19.1 Å². The van der Waals surface area contributed by atoms with E-state index in [0.717, 1.165) is 32.1 Å². The number of nitriles is 1. The summed E-state index contributed by atoms with van der Waals surface area (Å²) in [5.41, 5.74) is 3.05. The van der Waals surface area contributed by atoms with E-state index >= 15 is 0 Å². The predicted octanol–water partition coefficient (Wildman–Crippen LogP) is 12.5. The number of para-hydroxylation sites is 2. The molecule has 15 heteroatoms. The Morgan fingerprint density at radius 2 is 1.57 bits per heavy atom. The Kier molecular flexibility index (Phi) is 17.8. The number of hydrogen-bond acceptors (Lipinski definition) is 9. The van der Waals surface area contributed by atoms with E-state index in [-0.39, 0.29) is 50.2 Å². The molecule has 65 heavy (non-hydrogen) atoms. The number of nitrogens with one attached hydrogen (secondary N) is 2. The number of benzene rings is 4. The minimum atomic E-state index is -4.00. The topological polar surface area (TPSA) is 172 Å². The van der Waals surface area contributed by atoms with Crippen LogP contribution in [0.1, 0.15) is 124 Å². The molecule has 0 spiro atoms. The third kappa shape index (κ3) is 13.1. The van der Waals surface area contributed by atoms with Gasteiger partial charge in [0.1, 0.15) is 17.2 Å². The van der Waals surface area contributed by atoms with Crippen LogP contribution in [0.2, 0.25) is 10.0 Å². The van der Waals surface area contributed by atoms with Crippen LogP contribution in [0, 0.1) is 18.3 Å². The summed E-state index contributed by atoms with van der Waals surface area (Å²) in [6.45, 7) is 4.27. The van der Waals surface area contributed by atoms with Gasteiger partial charge in [-0.2, -0.15) is 5.26 Å². The maximum atomic E-state index is 14.5. The van der Waals surface area contributed by atoms with Gasteiger partial charge in [0, 0.05) is 23.8 Å². The van der Waals surface area contributed by atoms with E-state index in [9.17, 15) is 28.1 Å². The van der Waals surface area contributed by atoms with Crippen LogP contribution in [0.15, 0.2) is 94.2 Å². The highest BCUT2D eigenvalue weighted by atomic mass is 35.5. The van der Waals surface area contributed by atoms with E-state index in [0.29, 0.717) is 47.2 Å². The number of unbranched alkanes of at least 4 members (excludes halogenated alkanes) is 9. The van der Waals surface area contributed by atoms with Gasteiger partial charge in [-0.25, -0.2) is 22.9 Å². The number of ether oxygens (including phenoxy) is 1. The first-order chi connectivity index (χ1) is 31.4. The van der Waals surface area contributed by atoms with Crippen LogP contribution in [0.5, 0.6) is 0 Å². The number of fused-ring (bicyclic) bond motifs is 1. The molecule has 1 aliphatic carbocycles. The number of anilines is 2. The molecule has 0 aliphatic heterocycles. The van der Waals surface area contributed by atoms with E-state index in [2.05, 4.69) is 28.0 Å². The Balaban J connectivity index is 1.19. The highest BCUT2D eigenvalue weighted by Gasteiger charge is 2.38.